The lowest BCUT2D eigenvalue weighted by Crippen LogP contribution is -2.29. The van der Waals surface area contributed by atoms with Crippen molar-refractivity contribution in [2.75, 3.05) is 0 Å². The SMILES string of the molecule is C[C@@H]1OC(=NC(C)(C)C)NC1=NC(C)(C)C. The van der Waals surface area contributed by atoms with Crippen molar-refractivity contribution in [3.63, 3.8) is 0 Å². The van der Waals surface area contributed by atoms with Crippen LogP contribution in [-0.2, 0) is 4.74 Å². The third-order valence-corrected chi connectivity index (χ3v) is 1.80. The van der Waals surface area contributed by atoms with Gasteiger partial charge in [-0.15, -0.1) is 0 Å². The number of aliphatic imine (C=N–C) groups is 2. The van der Waals surface area contributed by atoms with Crippen molar-refractivity contribution < 1.29 is 4.74 Å². The van der Waals surface area contributed by atoms with Crippen LogP contribution in [0.2, 0.25) is 0 Å². The molecule has 0 spiro atoms. The average Bonchev–Trinajstić information content (AvgIpc) is 2.23. The van der Waals surface area contributed by atoms with Gasteiger partial charge in [-0.2, -0.15) is 0 Å². The van der Waals surface area contributed by atoms with E-state index in [0.29, 0.717) is 6.02 Å². The summed E-state index contributed by atoms with van der Waals surface area (Å²) in [7, 11) is 0. The van der Waals surface area contributed by atoms with E-state index in [1.807, 2.05) is 27.7 Å². The first kappa shape index (κ1) is 13.0. The normalized spacial score (nSPS) is 27.1. The maximum Gasteiger partial charge on any atom is 0.291 e. The first-order valence-corrected chi connectivity index (χ1v) is 5.70. The molecule has 4 nitrogen and oxygen atoms in total. The van der Waals surface area contributed by atoms with Gasteiger partial charge in [-0.25, -0.2) is 4.99 Å². The van der Waals surface area contributed by atoms with Crippen LogP contribution < -0.4 is 5.32 Å². The van der Waals surface area contributed by atoms with Gasteiger partial charge in [-0.3, -0.25) is 10.3 Å². The fourth-order valence-corrected chi connectivity index (χ4v) is 1.30. The molecular formula is C12H23N3O. The van der Waals surface area contributed by atoms with E-state index in [-0.39, 0.29) is 17.2 Å². The van der Waals surface area contributed by atoms with Gasteiger partial charge in [0.15, 0.2) is 6.10 Å². The van der Waals surface area contributed by atoms with Gasteiger partial charge in [0.2, 0.25) is 0 Å². The number of hydrogen-bond donors (Lipinski definition) is 1. The minimum atomic E-state index is -0.140. The van der Waals surface area contributed by atoms with Crippen LogP contribution in [0.4, 0.5) is 0 Å². The van der Waals surface area contributed by atoms with E-state index in [1.54, 1.807) is 0 Å². The van der Waals surface area contributed by atoms with Crippen molar-refractivity contribution in [2.45, 2.75) is 65.6 Å². The molecule has 1 aliphatic heterocycles. The molecule has 0 aromatic rings. The fraction of sp³-hybridized carbons (Fsp3) is 0.833. The second-order valence-electron chi connectivity index (χ2n) is 6.14. The van der Waals surface area contributed by atoms with Crippen molar-refractivity contribution in [3.05, 3.63) is 0 Å². The standard InChI is InChI=1S/C12H23N3O/c1-8-9(14-11(2,3)4)13-10(16-8)15-12(5,6)7/h8H,1-7H3,(H,13,14,15)/t8-/m0/s1. The molecule has 0 saturated carbocycles. The van der Waals surface area contributed by atoms with Gasteiger partial charge >= 0.3 is 0 Å². The predicted octanol–water partition coefficient (Wildman–Crippen LogP) is 2.35. The van der Waals surface area contributed by atoms with Crippen LogP contribution in [0, 0.1) is 0 Å². The number of nitrogens with zero attached hydrogens (tertiary/aromatic N) is 2. The lowest BCUT2D eigenvalue weighted by atomic mass is 10.1. The summed E-state index contributed by atoms with van der Waals surface area (Å²) in [6, 6.07) is 0.572. The smallest absolute Gasteiger partial charge is 0.291 e. The van der Waals surface area contributed by atoms with Gasteiger partial charge in [0.1, 0.15) is 5.84 Å². The van der Waals surface area contributed by atoms with Gasteiger partial charge in [-0.05, 0) is 48.5 Å². The molecule has 16 heavy (non-hydrogen) atoms. The summed E-state index contributed by atoms with van der Waals surface area (Å²) in [6.45, 7) is 14.3. The molecule has 0 aromatic carbocycles. The molecule has 1 N–H and O–H groups in total. The van der Waals surface area contributed by atoms with Gasteiger partial charge < -0.3 is 4.74 Å². The lowest BCUT2D eigenvalue weighted by molar-refractivity contribution is 0.282. The lowest BCUT2D eigenvalue weighted by Gasteiger charge is -2.13. The molecule has 1 rings (SSSR count). The molecule has 92 valence electrons. The zero-order chi connectivity index (χ0) is 12.6. The van der Waals surface area contributed by atoms with E-state index in [2.05, 4.69) is 36.1 Å². The van der Waals surface area contributed by atoms with Crippen LogP contribution in [-0.4, -0.2) is 29.0 Å². The number of hydrogen-bond acceptors (Lipinski definition) is 3. The molecular weight excluding hydrogens is 202 g/mol. The van der Waals surface area contributed by atoms with Crippen LogP contribution in [0.25, 0.3) is 0 Å². The van der Waals surface area contributed by atoms with Gasteiger partial charge in [-0.1, -0.05) is 0 Å². The van der Waals surface area contributed by atoms with Crippen molar-refractivity contribution >= 4 is 11.9 Å². The topological polar surface area (TPSA) is 46.0 Å². The van der Waals surface area contributed by atoms with E-state index >= 15 is 0 Å². The van der Waals surface area contributed by atoms with Crippen LogP contribution in [0.15, 0.2) is 9.98 Å². The number of nitrogens with one attached hydrogen (secondary N) is 1. The molecule has 0 unspecified atom stereocenters. The van der Waals surface area contributed by atoms with E-state index in [0.717, 1.165) is 5.84 Å². The summed E-state index contributed by atoms with van der Waals surface area (Å²) in [5.74, 6) is 0.857. The molecule has 1 aliphatic rings. The first-order valence-electron chi connectivity index (χ1n) is 5.70. The molecule has 1 heterocycles. The molecule has 0 bridgehead atoms. The Hall–Kier alpha value is -1.06. The second-order valence-corrected chi connectivity index (χ2v) is 6.14. The molecule has 0 radical (unpaired) electrons. The molecule has 4 heteroatoms. The van der Waals surface area contributed by atoms with Crippen molar-refractivity contribution in [1.82, 2.24) is 5.32 Å². The summed E-state index contributed by atoms with van der Waals surface area (Å²) < 4.78 is 5.60. The molecule has 0 aliphatic carbocycles. The minimum Gasteiger partial charge on any atom is -0.454 e. The highest BCUT2D eigenvalue weighted by Crippen LogP contribution is 2.14. The number of ether oxygens (including phenoxy) is 1. The van der Waals surface area contributed by atoms with Gasteiger partial charge in [0.05, 0.1) is 11.1 Å². The molecule has 0 amide bonds. The summed E-state index contributed by atoms with van der Waals surface area (Å²) in [5.41, 5.74) is -0.240. The van der Waals surface area contributed by atoms with Crippen LogP contribution in [0.1, 0.15) is 48.5 Å². The van der Waals surface area contributed by atoms with E-state index in [9.17, 15) is 0 Å². The molecule has 1 atom stereocenters. The Labute approximate surface area is 98.2 Å². The third-order valence-electron chi connectivity index (χ3n) is 1.80. The van der Waals surface area contributed by atoms with Crippen LogP contribution >= 0.6 is 0 Å². The Balaban J connectivity index is 2.83. The Morgan fingerprint density at radius 3 is 1.94 bits per heavy atom. The number of rotatable bonds is 0. The summed E-state index contributed by atoms with van der Waals surface area (Å²) >= 11 is 0. The zero-order valence-corrected chi connectivity index (χ0v) is 11.4. The monoisotopic (exact) mass is 225 g/mol. The Kier molecular flexibility index (Phi) is 3.31. The van der Waals surface area contributed by atoms with E-state index in [4.69, 9.17) is 4.74 Å². The largest absolute Gasteiger partial charge is 0.454 e. The number of amidine groups is 2. The maximum absolute atomic E-state index is 5.60. The quantitative estimate of drug-likeness (QED) is 0.688. The zero-order valence-electron chi connectivity index (χ0n) is 11.4. The molecule has 1 saturated heterocycles. The summed E-state index contributed by atoms with van der Waals surface area (Å²) in [4.78, 5) is 9.01. The van der Waals surface area contributed by atoms with Gasteiger partial charge in [0, 0.05) is 0 Å². The molecule has 0 aromatic heterocycles. The van der Waals surface area contributed by atoms with Crippen molar-refractivity contribution in [1.29, 1.82) is 0 Å². The third kappa shape index (κ3) is 4.21. The minimum absolute atomic E-state index is 0.0414. The summed E-state index contributed by atoms with van der Waals surface area (Å²) in [5, 5.41) is 3.13. The predicted molar refractivity (Wildman–Crippen MR) is 68.1 cm³/mol. The highest BCUT2D eigenvalue weighted by Gasteiger charge is 2.27. The van der Waals surface area contributed by atoms with E-state index in [1.165, 1.54) is 0 Å². The Morgan fingerprint density at radius 1 is 1.00 bits per heavy atom. The van der Waals surface area contributed by atoms with Gasteiger partial charge in [0.25, 0.3) is 6.02 Å². The van der Waals surface area contributed by atoms with Crippen molar-refractivity contribution in [2.24, 2.45) is 9.98 Å². The highest BCUT2D eigenvalue weighted by molar-refractivity contribution is 6.05. The van der Waals surface area contributed by atoms with E-state index < -0.39 is 0 Å². The Morgan fingerprint density at radius 2 is 1.50 bits per heavy atom. The average molecular weight is 225 g/mol. The highest BCUT2D eigenvalue weighted by atomic mass is 16.5. The molecule has 1 fully saturated rings. The second kappa shape index (κ2) is 4.07. The van der Waals surface area contributed by atoms with Crippen LogP contribution in [0.3, 0.4) is 0 Å². The van der Waals surface area contributed by atoms with Crippen molar-refractivity contribution in [3.8, 4) is 0 Å². The first-order chi connectivity index (χ1) is 7.07. The fourth-order valence-electron chi connectivity index (χ4n) is 1.30. The summed E-state index contributed by atoms with van der Waals surface area (Å²) in [6.07, 6.45) is -0.0414. The van der Waals surface area contributed by atoms with Crippen LogP contribution in [0.5, 0.6) is 0 Å². The Bertz CT molecular complexity index is 318. The maximum atomic E-state index is 5.60.